The van der Waals surface area contributed by atoms with E-state index in [0.717, 1.165) is 13.2 Å². The normalized spacial score (nSPS) is 30.6. The molecule has 0 spiro atoms. The molecular formula is C63H146O33Si2. The molecule has 14 N–H and O–H groups in total. The van der Waals surface area contributed by atoms with Crippen molar-refractivity contribution in [2.75, 3.05) is 156 Å². The van der Waals surface area contributed by atoms with Gasteiger partial charge in [0.25, 0.3) is 0 Å². The third-order valence-electron chi connectivity index (χ3n) is 13.4. The summed E-state index contributed by atoms with van der Waals surface area (Å²) in [6.07, 6.45) is -28.9. The van der Waals surface area contributed by atoms with E-state index in [2.05, 4.69) is 58.2 Å². The van der Waals surface area contributed by atoms with Gasteiger partial charge in [-0.1, -0.05) is 51.5 Å². The molecule has 23 unspecified atom stereocenters. The molecule has 0 radical (unpaired) electrons. The smallest absolute Gasteiger partial charge is 0.187 e. The summed E-state index contributed by atoms with van der Waals surface area (Å²) in [5.41, 5.74) is 0. The van der Waals surface area contributed by atoms with E-state index < -0.39 is 178 Å². The molecule has 0 aromatic rings. The summed E-state index contributed by atoms with van der Waals surface area (Å²) in [5.74, 6) is -0.942. The summed E-state index contributed by atoms with van der Waals surface area (Å²) >= 11 is 0. The first-order valence-electron chi connectivity index (χ1n) is 30.5. The molecule has 0 aromatic carbocycles. The summed E-state index contributed by atoms with van der Waals surface area (Å²) in [6, 6.07) is 0. The topological polar surface area (TPSA) is 459 Å². The van der Waals surface area contributed by atoms with Gasteiger partial charge in [0.15, 0.2) is 41.8 Å². The van der Waals surface area contributed by atoms with E-state index in [1.165, 1.54) is 21.1 Å². The quantitative estimate of drug-likeness (QED) is 0.0291. The molecule has 0 bridgehead atoms. The molecule has 0 aromatic heterocycles. The Hall–Kier alpha value is -0.886. The zero-order chi connectivity index (χ0) is 70.9. The molecule has 4 aliphatic heterocycles. The minimum absolute atomic E-state index is 0. The van der Waals surface area contributed by atoms with Crippen molar-refractivity contribution in [1.29, 1.82) is 0 Å². The van der Waals surface area contributed by atoms with Crippen LogP contribution >= 0.6 is 0 Å². The fourth-order valence-corrected chi connectivity index (χ4v) is 9.86. The van der Waals surface area contributed by atoms with Gasteiger partial charge in [0.2, 0.25) is 0 Å². The van der Waals surface area contributed by atoms with Gasteiger partial charge < -0.3 is 161 Å². The largest absolute Gasteiger partial charge is 0.415 e. The van der Waals surface area contributed by atoms with Crippen LogP contribution in [0.1, 0.15) is 72.3 Å². The second-order valence-electron chi connectivity index (χ2n) is 23.7. The number of methoxy groups -OCH3 is 8. The van der Waals surface area contributed by atoms with E-state index in [9.17, 15) is 56.2 Å². The maximum Gasteiger partial charge on any atom is 0.187 e. The lowest BCUT2D eigenvalue weighted by atomic mass is 9.90. The first-order valence-corrected chi connectivity index (χ1v) is 37.3. The van der Waals surface area contributed by atoms with E-state index >= 15 is 0 Å². The number of aliphatic hydroxyl groups is 14. The van der Waals surface area contributed by atoms with Gasteiger partial charge >= 0.3 is 0 Å². The van der Waals surface area contributed by atoms with Crippen LogP contribution in [0.2, 0.25) is 39.3 Å². The Balaban J connectivity index is -0.000000215. The Bertz CT molecular complexity index is 1670. The Labute approximate surface area is 590 Å². The Morgan fingerprint density at radius 2 is 0.724 bits per heavy atom. The molecule has 33 nitrogen and oxygen atoms in total. The zero-order valence-corrected chi connectivity index (χ0v) is 59.5. The van der Waals surface area contributed by atoms with Crippen LogP contribution < -0.4 is 0 Å². The van der Waals surface area contributed by atoms with Gasteiger partial charge in [-0.05, 0) is 60.1 Å². The molecule has 0 amide bonds. The van der Waals surface area contributed by atoms with E-state index in [0.29, 0.717) is 52.9 Å². The molecule has 98 heavy (non-hydrogen) atoms. The van der Waals surface area contributed by atoms with E-state index in [-0.39, 0.29) is 63.4 Å². The monoisotopic (exact) mass is 1490 g/mol. The van der Waals surface area contributed by atoms with Crippen molar-refractivity contribution >= 4 is 16.6 Å². The molecule has 35 heteroatoms. The molecule has 0 aliphatic carbocycles. The number of aliphatic hydroxyl groups excluding tert-OH is 14. The average Bonchev–Trinajstić information content (AvgIpc) is 0.790. The third kappa shape index (κ3) is 45.5. The standard InChI is InChI=1S/C27H48O20.C8H18O4.C8H22O2Si2.C5H12O3.C5H12O2.C4H10O2.6CH4/c1-8-13(32)25(46-22-11(6-30)41-24(40-3)17(36)15(22)34)42-9(4-28)20(8)45-26-19(38)16(35)23(12(7-31)44-26)47-27-18(37)14(33)21(39-2)10(5-29)43-27;1-7(10)6-11-3-4-12-8(2)5-9;1-11(2,3)9-7-8-10-12(4,5)6;1-7-3-5(6)4-8-2;1-5(7-3)4-6-2;1-5-3-4-6-2;;;;;;/h8-38H,4-7H2,1-3H3;7-10H,3-6H2,1-2H3;7-8H2,1-6H3;5-6H,3-4H2,1-2H3;5H,4H2,1-3H3;3-4H2,1-2H3;6*1H4. The van der Waals surface area contributed by atoms with Gasteiger partial charge in [-0.3, -0.25) is 0 Å². The zero-order valence-electron chi connectivity index (χ0n) is 57.5. The van der Waals surface area contributed by atoms with Crippen LogP contribution in [0.15, 0.2) is 0 Å². The SMILES string of the molecule is C.C.C.C.C.C.CC(O)COCCOC(C)CO.COC1OC(CO)C(OC2OC(CO)C(OC3OC(CO)C(OC4OC(CO)C(OC)C(O)C4O)C(O)C3O)C(C)C2O)C(O)C1O.COCC(C)OC.COCC(O)COC.COCCOC.C[Si](C)(C)OCCO[Si](C)(C)C. The van der Waals surface area contributed by atoms with Crippen LogP contribution in [0.25, 0.3) is 0 Å². The molecule has 4 heterocycles. The van der Waals surface area contributed by atoms with Crippen LogP contribution in [-0.2, 0) is 89.4 Å². The highest BCUT2D eigenvalue weighted by Crippen LogP contribution is 2.36. The third-order valence-corrected chi connectivity index (χ3v) is 15.6. The maximum atomic E-state index is 11.1. The van der Waals surface area contributed by atoms with Crippen molar-refractivity contribution in [3.05, 3.63) is 0 Å². The fraction of sp³-hybridized carbons (Fsp3) is 1.00. The van der Waals surface area contributed by atoms with E-state index in [1.807, 2.05) is 6.92 Å². The second-order valence-corrected chi connectivity index (χ2v) is 32.7. The minimum atomic E-state index is -1.87. The van der Waals surface area contributed by atoms with E-state index in [1.54, 1.807) is 56.5 Å². The lowest BCUT2D eigenvalue weighted by Crippen LogP contribution is -2.66. The second kappa shape index (κ2) is 63.4. The Morgan fingerprint density at radius 1 is 0.378 bits per heavy atom. The first-order chi connectivity index (χ1) is 43.3. The first kappa shape index (κ1) is 113. The maximum absolute atomic E-state index is 11.1. The van der Waals surface area contributed by atoms with Crippen molar-refractivity contribution < 1.29 is 161 Å². The van der Waals surface area contributed by atoms with Gasteiger partial charge in [-0.15, -0.1) is 0 Å². The summed E-state index contributed by atoms with van der Waals surface area (Å²) in [5, 5.41) is 141. The summed E-state index contributed by atoms with van der Waals surface area (Å²) in [7, 11) is 9.55. The van der Waals surface area contributed by atoms with Crippen LogP contribution in [0.3, 0.4) is 0 Å². The number of hydrogen-bond donors (Lipinski definition) is 14. The van der Waals surface area contributed by atoms with Crippen LogP contribution in [0.4, 0.5) is 0 Å². The molecule has 23 atom stereocenters. The van der Waals surface area contributed by atoms with E-state index in [4.69, 9.17) is 85.8 Å². The van der Waals surface area contributed by atoms with Crippen molar-refractivity contribution in [2.24, 2.45) is 5.92 Å². The molecule has 4 fully saturated rings. The molecule has 4 saturated heterocycles. The lowest BCUT2D eigenvalue weighted by molar-refractivity contribution is -0.384. The van der Waals surface area contributed by atoms with Crippen molar-refractivity contribution in [3.63, 3.8) is 0 Å². The van der Waals surface area contributed by atoms with Gasteiger partial charge in [-0.25, -0.2) is 0 Å². The lowest BCUT2D eigenvalue weighted by Gasteiger charge is -2.49. The molecule has 4 rings (SSSR count). The average molecular weight is 1490 g/mol. The molecule has 0 saturated carbocycles. The van der Waals surface area contributed by atoms with Gasteiger partial charge in [0.05, 0.1) is 124 Å². The number of hydrogen-bond acceptors (Lipinski definition) is 33. The van der Waals surface area contributed by atoms with Crippen molar-refractivity contribution in [3.8, 4) is 0 Å². The number of ether oxygens (including phenoxy) is 17. The Morgan fingerprint density at radius 3 is 1.04 bits per heavy atom. The summed E-state index contributed by atoms with van der Waals surface area (Å²) in [4.78, 5) is 0. The highest BCUT2D eigenvalue weighted by atomic mass is 28.4. The van der Waals surface area contributed by atoms with Crippen LogP contribution in [-0.4, -0.2) is 385 Å². The molecule has 604 valence electrons. The van der Waals surface area contributed by atoms with Crippen LogP contribution in [0, 0.1) is 5.92 Å². The summed E-state index contributed by atoms with van der Waals surface area (Å²) < 4.78 is 99.3. The van der Waals surface area contributed by atoms with Gasteiger partial charge in [-0.2, -0.15) is 0 Å². The molecular weight excluding hydrogens is 1340 g/mol. The Kier molecular flexibility index (Phi) is 73.1. The predicted octanol–water partition coefficient (Wildman–Crippen LogP) is -0.291. The number of rotatable bonds is 34. The van der Waals surface area contributed by atoms with Gasteiger partial charge in [0, 0.05) is 62.8 Å². The molecule has 4 aliphatic rings. The van der Waals surface area contributed by atoms with Crippen LogP contribution in [0.5, 0.6) is 0 Å². The van der Waals surface area contributed by atoms with Crippen molar-refractivity contribution in [1.82, 2.24) is 0 Å². The summed E-state index contributed by atoms with van der Waals surface area (Å²) in [6.45, 7) is 22.8. The van der Waals surface area contributed by atoms with Gasteiger partial charge in [0.1, 0.15) is 91.6 Å². The minimum Gasteiger partial charge on any atom is -0.415 e. The highest BCUT2D eigenvalue weighted by Gasteiger charge is 2.55. The fourth-order valence-electron chi connectivity index (χ4n) is 8.46. The highest BCUT2D eigenvalue weighted by molar-refractivity contribution is 6.70. The predicted molar refractivity (Wildman–Crippen MR) is 372 cm³/mol. The van der Waals surface area contributed by atoms with Crippen molar-refractivity contribution in [2.45, 2.75) is 253 Å².